The van der Waals surface area contributed by atoms with Gasteiger partial charge in [0.1, 0.15) is 5.70 Å². The Bertz CT molecular complexity index is 438. The smallest absolute Gasteiger partial charge is 0.354 e. The number of nitrogens with one attached hydrogen (secondary N) is 1. The van der Waals surface area contributed by atoms with Gasteiger partial charge in [-0.2, -0.15) is 0 Å². The van der Waals surface area contributed by atoms with Gasteiger partial charge in [-0.25, -0.2) is 4.79 Å². The zero-order valence-corrected chi connectivity index (χ0v) is 10.6. The average Bonchev–Trinajstić information content (AvgIpc) is 2.35. The number of carbonyl (C=O) groups excluding carboxylic acids is 2. The molecular weight excluding hydrogens is 230 g/mol. The van der Waals surface area contributed by atoms with Gasteiger partial charge in [0.05, 0.1) is 6.61 Å². The van der Waals surface area contributed by atoms with Crippen molar-refractivity contribution in [3.8, 4) is 0 Å². The Hall–Kier alpha value is -2.10. The molecule has 0 radical (unpaired) electrons. The molecule has 0 heterocycles. The molecule has 0 aliphatic carbocycles. The Balaban J connectivity index is 2.75. The molecule has 0 unspecified atom stereocenters. The van der Waals surface area contributed by atoms with Crippen LogP contribution in [0.1, 0.15) is 19.4 Å². The van der Waals surface area contributed by atoms with E-state index in [1.165, 1.54) is 6.92 Å². The van der Waals surface area contributed by atoms with Crippen molar-refractivity contribution in [1.82, 2.24) is 5.32 Å². The summed E-state index contributed by atoms with van der Waals surface area (Å²) in [5, 5.41) is 2.48. The van der Waals surface area contributed by atoms with E-state index in [0.29, 0.717) is 6.42 Å². The van der Waals surface area contributed by atoms with Crippen molar-refractivity contribution < 1.29 is 14.3 Å². The summed E-state index contributed by atoms with van der Waals surface area (Å²) in [4.78, 5) is 22.6. The van der Waals surface area contributed by atoms with Gasteiger partial charge < -0.3 is 10.1 Å². The van der Waals surface area contributed by atoms with E-state index in [4.69, 9.17) is 4.74 Å². The summed E-state index contributed by atoms with van der Waals surface area (Å²) in [6, 6.07) is 9.67. The largest absolute Gasteiger partial charge is 0.461 e. The molecule has 1 N–H and O–H groups in total. The van der Waals surface area contributed by atoms with E-state index in [0.717, 1.165) is 5.56 Å². The van der Waals surface area contributed by atoms with E-state index >= 15 is 0 Å². The summed E-state index contributed by atoms with van der Waals surface area (Å²) < 4.78 is 4.87. The molecule has 4 heteroatoms. The number of rotatable bonds is 5. The van der Waals surface area contributed by atoms with E-state index in [-0.39, 0.29) is 18.2 Å². The van der Waals surface area contributed by atoms with Gasteiger partial charge >= 0.3 is 5.97 Å². The Kier molecular flexibility index (Phi) is 5.64. The number of benzene rings is 1. The number of allylic oxidation sites excluding steroid dienone is 1. The molecule has 0 fully saturated rings. The van der Waals surface area contributed by atoms with Crippen molar-refractivity contribution in [2.24, 2.45) is 0 Å². The van der Waals surface area contributed by atoms with Crippen LogP contribution in [0.25, 0.3) is 0 Å². The second kappa shape index (κ2) is 7.27. The van der Waals surface area contributed by atoms with Gasteiger partial charge in [-0.1, -0.05) is 30.3 Å². The molecule has 0 aliphatic heterocycles. The molecule has 0 spiro atoms. The fourth-order valence-electron chi connectivity index (χ4n) is 1.42. The first-order valence-electron chi connectivity index (χ1n) is 5.82. The first-order chi connectivity index (χ1) is 8.63. The quantitative estimate of drug-likeness (QED) is 0.637. The highest BCUT2D eigenvalue weighted by Gasteiger charge is 2.11. The molecule has 1 rings (SSSR count). The van der Waals surface area contributed by atoms with Crippen molar-refractivity contribution in [2.75, 3.05) is 6.61 Å². The summed E-state index contributed by atoms with van der Waals surface area (Å²) in [7, 11) is 0. The van der Waals surface area contributed by atoms with Crippen LogP contribution in [0.4, 0.5) is 0 Å². The lowest BCUT2D eigenvalue weighted by atomic mass is 10.1. The maximum absolute atomic E-state index is 11.6. The van der Waals surface area contributed by atoms with Crippen molar-refractivity contribution >= 4 is 11.9 Å². The van der Waals surface area contributed by atoms with Gasteiger partial charge in [0.25, 0.3) is 0 Å². The minimum absolute atomic E-state index is 0.188. The molecule has 96 valence electrons. The molecule has 0 bridgehead atoms. The first kappa shape index (κ1) is 14.0. The van der Waals surface area contributed by atoms with Crippen LogP contribution in [0.15, 0.2) is 42.1 Å². The van der Waals surface area contributed by atoms with Crippen molar-refractivity contribution in [2.45, 2.75) is 20.3 Å². The van der Waals surface area contributed by atoms with Gasteiger partial charge in [0, 0.05) is 6.92 Å². The fourth-order valence-corrected chi connectivity index (χ4v) is 1.42. The van der Waals surface area contributed by atoms with Gasteiger partial charge in [-0.15, -0.1) is 0 Å². The highest BCUT2D eigenvalue weighted by Crippen LogP contribution is 2.03. The monoisotopic (exact) mass is 247 g/mol. The van der Waals surface area contributed by atoms with Crippen LogP contribution >= 0.6 is 0 Å². The van der Waals surface area contributed by atoms with E-state index in [2.05, 4.69) is 5.32 Å². The van der Waals surface area contributed by atoms with Crippen LogP contribution in [0.5, 0.6) is 0 Å². The highest BCUT2D eigenvalue weighted by molar-refractivity contribution is 5.93. The minimum Gasteiger partial charge on any atom is -0.461 e. The van der Waals surface area contributed by atoms with E-state index < -0.39 is 5.97 Å². The van der Waals surface area contributed by atoms with Crippen molar-refractivity contribution in [1.29, 1.82) is 0 Å². The lowest BCUT2D eigenvalue weighted by Gasteiger charge is -2.07. The van der Waals surface area contributed by atoms with Crippen LogP contribution in [-0.2, 0) is 20.7 Å². The Morgan fingerprint density at radius 2 is 1.94 bits per heavy atom. The zero-order valence-electron chi connectivity index (χ0n) is 10.6. The third-order valence-electron chi connectivity index (χ3n) is 2.19. The van der Waals surface area contributed by atoms with E-state index in [1.807, 2.05) is 30.3 Å². The second-order valence-corrected chi connectivity index (χ2v) is 3.71. The van der Waals surface area contributed by atoms with Crippen LogP contribution < -0.4 is 5.32 Å². The lowest BCUT2D eigenvalue weighted by molar-refractivity contribution is -0.140. The van der Waals surface area contributed by atoms with Crippen LogP contribution in [-0.4, -0.2) is 18.5 Å². The van der Waals surface area contributed by atoms with Crippen LogP contribution in [0, 0.1) is 0 Å². The average molecular weight is 247 g/mol. The molecule has 1 amide bonds. The molecule has 0 aliphatic rings. The molecule has 0 saturated heterocycles. The van der Waals surface area contributed by atoms with Crippen LogP contribution in [0.3, 0.4) is 0 Å². The lowest BCUT2D eigenvalue weighted by Crippen LogP contribution is -2.26. The Labute approximate surface area is 107 Å². The number of carbonyl (C=O) groups is 2. The molecule has 1 aromatic rings. The number of hydrogen-bond donors (Lipinski definition) is 1. The first-order valence-corrected chi connectivity index (χ1v) is 5.82. The maximum atomic E-state index is 11.6. The predicted molar refractivity (Wildman–Crippen MR) is 68.7 cm³/mol. The molecule has 0 aromatic heterocycles. The summed E-state index contributed by atoms with van der Waals surface area (Å²) in [6.07, 6.45) is 2.23. The van der Waals surface area contributed by atoms with E-state index in [1.54, 1.807) is 13.0 Å². The number of ether oxygens (including phenoxy) is 1. The Morgan fingerprint density at radius 3 is 2.50 bits per heavy atom. The number of esters is 1. The summed E-state index contributed by atoms with van der Waals surface area (Å²) in [5.74, 6) is -0.800. The standard InChI is InChI=1S/C14H17NO3/c1-3-18-14(17)13(15-11(2)16)10-9-12-7-5-4-6-8-12/h4-8,10H,3,9H2,1-2H3,(H,15,16)/b13-10-. The normalized spacial score (nSPS) is 10.9. The van der Waals surface area contributed by atoms with Gasteiger partial charge in [-0.3, -0.25) is 4.79 Å². The predicted octanol–water partition coefficient (Wildman–Crippen LogP) is 1.81. The van der Waals surface area contributed by atoms with Gasteiger partial charge in [0.2, 0.25) is 5.91 Å². The van der Waals surface area contributed by atoms with Gasteiger partial charge in [0.15, 0.2) is 0 Å². The molecule has 0 atom stereocenters. The summed E-state index contributed by atoms with van der Waals surface area (Å²) in [5.41, 5.74) is 1.25. The number of hydrogen-bond acceptors (Lipinski definition) is 3. The number of amides is 1. The molecule has 18 heavy (non-hydrogen) atoms. The third kappa shape index (κ3) is 4.82. The maximum Gasteiger partial charge on any atom is 0.354 e. The SMILES string of the molecule is CCOC(=O)/C(=C/Cc1ccccc1)NC(C)=O. The molecule has 1 aromatic carbocycles. The minimum atomic E-state index is -0.511. The van der Waals surface area contributed by atoms with Crippen molar-refractivity contribution in [3.63, 3.8) is 0 Å². The van der Waals surface area contributed by atoms with Gasteiger partial charge in [-0.05, 0) is 25.0 Å². The van der Waals surface area contributed by atoms with E-state index in [9.17, 15) is 9.59 Å². The molecule has 0 saturated carbocycles. The highest BCUT2D eigenvalue weighted by atomic mass is 16.5. The Morgan fingerprint density at radius 1 is 1.28 bits per heavy atom. The summed E-state index contributed by atoms with van der Waals surface area (Å²) in [6.45, 7) is 3.36. The fraction of sp³-hybridized carbons (Fsp3) is 0.286. The summed E-state index contributed by atoms with van der Waals surface area (Å²) >= 11 is 0. The topological polar surface area (TPSA) is 55.4 Å². The second-order valence-electron chi connectivity index (χ2n) is 3.71. The van der Waals surface area contributed by atoms with Crippen LogP contribution in [0.2, 0.25) is 0 Å². The van der Waals surface area contributed by atoms with Crippen molar-refractivity contribution in [3.05, 3.63) is 47.7 Å². The third-order valence-corrected chi connectivity index (χ3v) is 2.19. The molecular formula is C14H17NO3. The zero-order chi connectivity index (χ0) is 13.4. The molecule has 4 nitrogen and oxygen atoms in total.